The Labute approximate surface area is 88.1 Å². The first-order valence-corrected chi connectivity index (χ1v) is 5.28. The SMILES string of the molecule is CC(=O)CC(C)N(C)CCCN(C)C. The number of Topliss-reactive ketones (excluding diaryl/α,β-unsaturated/α-hetero) is 1. The van der Waals surface area contributed by atoms with Crippen molar-refractivity contribution in [2.75, 3.05) is 34.2 Å². The minimum Gasteiger partial charge on any atom is -0.309 e. The van der Waals surface area contributed by atoms with Crippen molar-refractivity contribution >= 4 is 5.78 Å². The number of hydrogen-bond acceptors (Lipinski definition) is 3. The van der Waals surface area contributed by atoms with Gasteiger partial charge in [-0.1, -0.05) is 0 Å². The number of carbonyl (C=O) groups excluding carboxylic acids is 1. The van der Waals surface area contributed by atoms with E-state index in [2.05, 4.69) is 37.9 Å². The van der Waals surface area contributed by atoms with E-state index in [9.17, 15) is 4.79 Å². The van der Waals surface area contributed by atoms with Crippen molar-refractivity contribution in [1.82, 2.24) is 9.80 Å². The normalized spacial score (nSPS) is 13.6. The summed E-state index contributed by atoms with van der Waals surface area (Å²) in [5.41, 5.74) is 0. The standard InChI is InChI=1S/C11H24N2O/c1-10(9-11(2)14)13(5)8-6-7-12(3)4/h10H,6-9H2,1-5H3. The number of rotatable bonds is 7. The van der Waals surface area contributed by atoms with E-state index in [1.54, 1.807) is 6.92 Å². The van der Waals surface area contributed by atoms with Crippen LogP contribution in [0.3, 0.4) is 0 Å². The average molecular weight is 200 g/mol. The lowest BCUT2D eigenvalue weighted by molar-refractivity contribution is -0.118. The first-order chi connectivity index (χ1) is 6.43. The van der Waals surface area contributed by atoms with Gasteiger partial charge in [0.05, 0.1) is 0 Å². The first kappa shape index (κ1) is 13.6. The molecule has 0 aromatic heterocycles. The van der Waals surface area contributed by atoms with Gasteiger partial charge in [0.2, 0.25) is 0 Å². The van der Waals surface area contributed by atoms with E-state index in [0.29, 0.717) is 12.5 Å². The molecule has 0 radical (unpaired) electrons. The molecule has 0 bridgehead atoms. The molecule has 1 unspecified atom stereocenters. The smallest absolute Gasteiger partial charge is 0.131 e. The molecule has 0 spiro atoms. The third-order valence-electron chi connectivity index (χ3n) is 2.45. The largest absolute Gasteiger partial charge is 0.309 e. The Kier molecular flexibility index (Phi) is 6.75. The Morgan fingerprint density at radius 2 is 1.79 bits per heavy atom. The zero-order chi connectivity index (χ0) is 11.1. The van der Waals surface area contributed by atoms with E-state index in [1.165, 1.54) is 0 Å². The van der Waals surface area contributed by atoms with Gasteiger partial charge in [-0.3, -0.25) is 4.79 Å². The molecule has 0 aliphatic carbocycles. The van der Waals surface area contributed by atoms with E-state index in [4.69, 9.17) is 0 Å². The summed E-state index contributed by atoms with van der Waals surface area (Å²) >= 11 is 0. The Morgan fingerprint density at radius 1 is 1.21 bits per heavy atom. The van der Waals surface area contributed by atoms with Crippen LogP contribution in [0.15, 0.2) is 0 Å². The van der Waals surface area contributed by atoms with Crippen molar-refractivity contribution in [2.24, 2.45) is 0 Å². The lowest BCUT2D eigenvalue weighted by Crippen LogP contribution is -2.32. The predicted molar refractivity (Wildman–Crippen MR) is 60.6 cm³/mol. The molecule has 0 aliphatic rings. The van der Waals surface area contributed by atoms with Crippen molar-refractivity contribution in [1.29, 1.82) is 0 Å². The van der Waals surface area contributed by atoms with Crippen LogP contribution in [-0.2, 0) is 4.79 Å². The molecule has 0 saturated heterocycles. The Hall–Kier alpha value is -0.410. The first-order valence-electron chi connectivity index (χ1n) is 5.28. The van der Waals surface area contributed by atoms with Gasteiger partial charge in [0.15, 0.2) is 0 Å². The fourth-order valence-corrected chi connectivity index (χ4v) is 1.43. The van der Waals surface area contributed by atoms with Crippen molar-refractivity contribution in [3.05, 3.63) is 0 Å². The summed E-state index contributed by atoms with van der Waals surface area (Å²) in [7, 11) is 6.25. The summed E-state index contributed by atoms with van der Waals surface area (Å²) < 4.78 is 0. The van der Waals surface area contributed by atoms with Crippen LogP contribution in [0.5, 0.6) is 0 Å². The maximum atomic E-state index is 10.9. The highest BCUT2D eigenvalue weighted by Gasteiger charge is 2.10. The maximum absolute atomic E-state index is 10.9. The van der Waals surface area contributed by atoms with E-state index < -0.39 is 0 Å². The van der Waals surface area contributed by atoms with Crippen LogP contribution >= 0.6 is 0 Å². The van der Waals surface area contributed by atoms with Gasteiger partial charge in [0.1, 0.15) is 5.78 Å². The van der Waals surface area contributed by atoms with E-state index in [-0.39, 0.29) is 5.78 Å². The third-order valence-corrected chi connectivity index (χ3v) is 2.45. The zero-order valence-corrected chi connectivity index (χ0v) is 10.2. The van der Waals surface area contributed by atoms with Crippen LogP contribution in [0.2, 0.25) is 0 Å². The van der Waals surface area contributed by atoms with Crippen LogP contribution in [0.25, 0.3) is 0 Å². The quantitative estimate of drug-likeness (QED) is 0.618. The van der Waals surface area contributed by atoms with Gasteiger partial charge < -0.3 is 9.80 Å². The van der Waals surface area contributed by atoms with Gasteiger partial charge in [0, 0.05) is 12.5 Å². The van der Waals surface area contributed by atoms with E-state index >= 15 is 0 Å². The fourth-order valence-electron chi connectivity index (χ4n) is 1.43. The molecule has 0 amide bonds. The molecule has 84 valence electrons. The molecule has 0 rings (SSSR count). The minimum absolute atomic E-state index is 0.275. The van der Waals surface area contributed by atoms with E-state index in [1.807, 2.05) is 0 Å². The molecule has 0 N–H and O–H groups in total. The predicted octanol–water partition coefficient (Wildman–Crippen LogP) is 1.24. The summed E-state index contributed by atoms with van der Waals surface area (Å²) in [6.07, 6.45) is 1.82. The second-order valence-corrected chi connectivity index (χ2v) is 4.39. The third kappa shape index (κ3) is 7.04. The van der Waals surface area contributed by atoms with Crippen molar-refractivity contribution in [3.63, 3.8) is 0 Å². The molecule has 0 heterocycles. The molecule has 0 fully saturated rings. The van der Waals surface area contributed by atoms with Gasteiger partial charge in [0.25, 0.3) is 0 Å². The summed E-state index contributed by atoms with van der Waals surface area (Å²) in [5.74, 6) is 0.275. The fraction of sp³-hybridized carbons (Fsp3) is 0.909. The van der Waals surface area contributed by atoms with Crippen molar-refractivity contribution in [2.45, 2.75) is 32.7 Å². The molecule has 0 aromatic rings. The summed E-state index contributed by atoms with van der Waals surface area (Å²) in [4.78, 5) is 15.3. The number of hydrogen-bond donors (Lipinski definition) is 0. The summed E-state index contributed by atoms with van der Waals surface area (Å²) in [5, 5.41) is 0. The Morgan fingerprint density at radius 3 is 2.21 bits per heavy atom. The van der Waals surface area contributed by atoms with Gasteiger partial charge >= 0.3 is 0 Å². The Bertz CT molecular complexity index is 169. The molecule has 0 aromatic carbocycles. The maximum Gasteiger partial charge on any atom is 0.131 e. The van der Waals surface area contributed by atoms with Crippen LogP contribution in [0.1, 0.15) is 26.7 Å². The Balaban J connectivity index is 3.61. The molecule has 3 heteroatoms. The topological polar surface area (TPSA) is 23.6 Å². The molecular weight excluding hydrogens is 176 g/mol. The van der Waals surface area contributed by atoms with E-state index in [0.717, 1.165) is 19.5 Å². The highest BCUT2D eigenvalue weighted by Crippen LogP contribution is 2.02. The number of ketones is 1. The average Bonchev–Trinajstić information content (AvgIpc) is 2.01. The molecule has 0 aliphatic heterocycles. The lowest BCUT2D eigenvalue weighted by atomic mass is 10.1. The van der Waals surface area contributed by atoms with Gasteiger partial charge in [-0.25, -0.2) is 0 Å². The molecule has 1 atom stereocenters. The molecule has 0 saturated carbocycles. The monoisotopic (exact) mass is 200 g/mol. The van der Waals surface area contributed by atoms with Crippen LogP contribution in [0, 0.1) is 0 Å². The highest BCUT2D eigenvalue weighted by molar-refractivity contribution is 5.76. The van der Waals surface area contributed by atoms with Crippen molar-refractivity contribution < 1.29 is 4.79 Å². The summed E-state index contributed by atoms with van der Waals surface area (Å²) in [6, 6.07) is 0.370. The second kappa shape index (κ2) is 6.96. The number of carbonyl (C=O) groups is 1. The zero-order valence-electron chi connectivity index (χ0n) is 10.2. The lowest BCUT2D eigenvalue weighted by Gasteiger charge is -2.24. The van der Waals surface area contributed by atoms with Crippen LogP contribution in [0.4, 0.5) is 0 Å². The van der Waals surface area contributed by atoms with Gasteiger partial charge in [-0.05, 0) is 54.5 Å². The summed E-state index contributed by atoms with van der Waals surface area (Å²) in [6.45, 7) is 5.94. The molecular formula is C11H24N2O. The van der Waals surface area contributed by atoms with Crippen LogP contribution in [-0.4, -0.2) is 55.9 Å². The van der Waals surface area contributed by atoms with Gasteiger partial charge in [-0.15, -0.1) is 0 Å². The van der Waals surface area contributed by atoms with Crippen LogP contribution < -0.4 is 0 Å². The highest BCUT2D eigenvalue weighted by atomic mass is 16.1. The van der Waals surface area contributed by atoms with Gasteiger partial charge in [-0.2, -0.15) is 0 Å². The second-order valence-electron chi connectivity index (χ2n) is 4.39. The molecule has 14 heavy (non-hydrogen) atoms. The molecule has 3 nitrogen and oxygen atoms in total. The minimum atomic E-state index is 0.275. The number of nitrogens with zero attached hydrogens (tertiary/aromatic N) is 2. The van der Waals surface area contributed by atoms with Crippen molar-refractivity contribution in [3.8, 4) is 0 Å².